The summed E-state index contributed by atoms with van der Waals surface area (Å²) in [5.74, 6) is -0.443. The fourth-order valence-corrected chi connectivity index (χ4v) is 2.46. The van der Waals surface area contributed by atoms with E-state index in [1.54, 1.807) is 42.5 Å². The molecule has 2 aromatic carbocycles. The Bertz CT molecular complexity index is 722. The van der Waals surface area contributed by atoms with Crippen LogP contribution in [0.15, 0.2) is 48.5 Å². The van der Waals surface area contributed by atoms with Crippen LogP contribution < -0.4 is 10.1 Å². The van der Waals surface area contributed by atoms with Gasteiger partial charge in [-0.2, -0.15) is 0 Å². The second kappa shape index (κ2) is 9.91. The lowest BCUT2D eigenvalue weighted by Gasteiger charge is -2.08. The minimum absolute atomic E-state index is 0.252. The van der Waals surface area contributed by atoms with Gasteiger partial charge in [-0.1, -0.05) is 47.5 Å². The molecule has 2 rings (SSSR count). The molecule has 0 fully saturated rings. The molecule has 0 aromatic heterocycles. The summed E-state index contributed by atoms with van der Waals surface area (Å²) in [7, 11) is 0. The predicted molar refractivity (Wildman–Crippen MR) is 96.1 cm³/mol. The highest BCUT2D eigenvalue weighted by Crippen LogP contribution is 2.21. The first-order valence-electron chi connectivity index (χ1n) is 7.58. The van der Waals surface area contributed by atoms with Gasteiger partial charge in [0.15, 0.2) is 13.2 Å². The average Bonchev–Trinajstić information content (AvgIpc) is 2.61. The summed E-state index contributed by atoms with van der Waals surface area (Å²) in [5, 5.41) is 3.76. The number of benzene rings is 2. The molecule has 1 amide bonds. The van der Waals surface area contributed by atoms with Crippen molar-refractivity contribution in [2.24, 2.45) is 0 Å². The van der Waals surface area contributed by atoms with E-state index in [1.165, 1.54) is 0 Å². The third-order valence-electron chi connectivity index (χ3n) is 3.20. The van der Waals surface area contributed by atoms with Gasteiger partial charge in [0.1, 0.15) is 5.75 Å². The standard InChI is InChI=1S/C18H17Cl2NO4/c19-14-7-6-13(16(20)10-14)8-9-21-17(22)11-25-18(23)12-24-15-4-2-1-3-5-15/h1-7,10H,8-9,11-12H2,(H,21,22). The molecule has 0 saturated heterocycles. The minimum atomic E-state index is -0.611. The Morgan fingerprint density at radius 1 is 1.00 bits per heavy atom. The predicted octanol–water partition coefficient (Wildman–Crippen LogP) is 3.27. The van der Waals surface area contributed by atoms with Gasteiger partial charge in [-0.3, -0.25) is 4.79 Å². The third-order valence-corrected chi connectivity index (χ3v) is 3.78. The van der Waals surface area contributed by atoms with Crippen LogP contribution in [-0.2, 0) is 20.7 Å². The van der Waals surface area contributed by atoms with E-state index in [-0.39, 0.29) is 13.2 Å². The van der Waals surface area contributed by atoms with Crippen molar-refractivity contribution in [2.45, 2.75) is 6.42 Å². The molecule has 0 spiro atoms. The molecule has 7 heteroatoms. The quantitative estimate of drug-likeness (QED) is 0.712. The number of hydrogen-bond acceptors (Lipinski definition) is 4. The van der Waals surface area contributed by atoms with E-state index in [9.17, 15) is 9.59 Å². The number of esters is 1. The molecule has 0 radical (unpaired) electrons. The summed E-state index contributed by atoms with van der Waals surface area (Å²) >= 11 is 11.9. The molecule has 25 heavy (non-hydrogen) atoms. The van der Waals surface area contributed by atoms with Crippen LogP contribution in [0.4, 0.5) is 0 Å². The zero-order valence-corrected chi connectivity index (χ0v) is 14.8. The van der Waals surface area contributed by atoms with Gasteiger partial charge in [-0.05, 0) is 36.2 Å². The van der Waals surface area contributed by atoms with Crippen LogP contribution in [0.1, 0.15) is 5.56 Å². The molecule has 1 N–H and O–H groups in total. The number of halogens is 2. The number of rotatable bonds is 8. The van der Waals surface area contributed by atoms with Crippen molar-refractivity contribution < 1.29 is 19.1 Å². The molecule has 0 saturated carbocycles. The summed E-state index contributed by atoms with van der Waals surface area (Å²) < 4.78 is 10.1. The first-order chi connectivity index (χ1) is 12.0. The molecule has 0 unspecified atom stereocenters. The lowest BCUT2D eigenvalue weighted by Crippen LogP contribution is -2.31. The molecular formula is C18H17Cl2NO4. The molecule has 2 aromatic rings. The molecule has 132 valence electrons. The molecule has 0 heterocycles. The van der Waals surface area contributed by atoms with Gasteiger partial charge in [0.05, 0.1) is 0 Å². The molecule has 0 bridgehead atoms. The lowest BCUT2D eigenvalue weighted by molar-refractivity contribution is -0.150. The second-order valence-electron chi connectivity index (χ2n) is 5.10. The minimum Gasteiger partial charge on any atom is -0.482 e. The van der Waals surface area contributed by atoms with Crippen molar-refractivity contribution in [3.05, 3.63) is 64.1 Å². The van der Waals surface area contributed by atoms with Crippen molar-refractivity contribution in [1.29, 1.82) is 0 Å². The Morgan fingerprint density at radius 2 is 1.76 bits per heavy atom. The summed E-state index contributed by atoms with van der Waals surface area (Å²) in [6, 6.07) is 14.1. The maximum atomic E-state index is 11.7. The fourth-order valence-electron chi connectivity index (χ4n) is 1.96. The number of carbonyl (C=O) groups is 2. The van der Waals surface area contributed by atoms with E-state index in [1.807, 2.05) is 6.07 Å². The van der Waals surface area contributed by atoms with Crippen molar-refractivity contribution in [1.82, 2.24) is 5.32 Å². The zero-order chi connectivity index (χ0) is 18.1. The number of hydrogen-bond donors (Lipinski definition) is 1. The van der Waals surface area contributed by atoms with Gasteiger partial charge in [0, 0.05) is 16.6 Å². The highest BCUT2D eigenvalue weighted by molar-refractivity contribution is 6.35. The van der Waals surface area contributed by atoms with Crippen LogP contribution in [0.25, 0.3) is 0 Å². The van der Waals surface area contributed by atoms with Gasteiger partial charge < -0.3 is 14.8 Å². The first-order valence-corrected chi connectivity index (χ1v) is 8.34. The van der Waals surface area contributed by atoms with E-state index < -0.39 is 11.9 Å². The van der Waals surface area contributed by atoms with Crippen molar-refractivity contribution in [3.63, 3.8) is 0 Å². The second-order valence-corrected chi connectivity index (χ2v) is 5.94. The van der Waals surface area contributed by atoms with Crippen molar-refractivity contribution in [3.8, 4) is 5.75 Å². The molecule has 0 aliphatic carbocycles. The Hall–Kier alpha value is -2.24. The number of nitrogens with one attached hydrogen (secondary N) is 1. The molecule has 0 atom stereocenters. The van der Waals surface area contributed by atoms with E-state index in [4.69, 9.17) is 32.7 Å². The monoisotopic (exact) mass is 381 g/mol. The Morgan fingerprint density at radius 3 is 2.48 bits per heavy atom. The van der Waals surface area contributed by atoms with Gasteiger partial charge in [-0.25, -0.2) is 4.79 Å². The van der Waals surface area contributed by atoms with Crippen LogP contribution in [-0.4, -0.2) is 31.6 Å². The first kappa shape index (κ1) is 19.1. The van der Waals surface area contributed by atoms with Crippen LogP contribution in [0.3, 0.4) is 0 Å². The largest absolute Gasteiger partial charge is 0.482 e. The summed E-state index contributed by atoms with van der Waals surface area (Å²) in [6.07, 6.45) is 0.548. The van der Waals surface area contributed by atoms with Crippen molar-refractivity contribution in [2.75, 3.05) is 19.8 Å². The smallest absolute Gasteiger partial charge is 0.344 e. The highest BCUT2D eigenvalue weighted by atomic mass is 35.5. The number of ether oxygens (including phenoxy) is 2. The Kier molecular flexibility index (Phi) is 7.57. The number of amides is 1. The van der Waals surface area contributed by atoms with Gasteiger partial charge in [-0.15, -0.1) is 0 Å². The van der Waals surface area contributed by atoms with Crippen LogP contribution in [0, 0.1) is 0 Å². The highest BCUT2D eigenvalue weighted by Gasteiger charge is 2.09. The van der Waals surface area contributed by atoms with E-state index >= 15 is 0 Å². The summed E-state index contributed by atoms with van der Waals surface area (Å²) in [5.41, 5.74) is 0.875. The number of para-hydroxylation sites is 1. The van der Waals surface area contributed by atoms with Crippen LogP contribution >= 0.6 is 23.2 Å². The maximum absolute atomic E-state index is 11.7. The summed E-state index contributed by atoms with van der Waals surface area (Å²) in [4.78, 5) is 23.2. The van der Waals surface area contributed by atoms with E-state index in [0.717, 1.165) is 5.56 Å². The van der Waals surface area contributed by atoms with Crippen LogP contribution in [0.5, 0.6) is 5.75 Å². The topological polar surface area (TPSA) is 64.6 Å². The van der Waals surface area contributed by atoms with Gasteiger partial charge in [0.25, 0.3) is 5.91 Å². The Labute approximate surface area is 155 Å². The number of carbonyl (C=O) groups excluding carboxylic acids is 2. The molecule has 0 aliphatic heterocycles. The summed E-state index contributed by atoms with van der Waals surface area (Å²) in [6.45, 7) is -0.235. The molecule has 5 nitrogen and oxygen atoms in total. The van der Waals surface area contributed by atoms with E-state index in [0.29, 0.717) is 28.8 Å². The third kappa shape index (κ3) is 7.03. The van der Waals surface area contributed by atoms with Gasteiger partial charge in [0.2, 0.25) is 0 Å². The van der Waals surface area contributed by atoms with Crippen LogP contribution in [0.2, 0.25) is 10.0 Å². The SMILES string of the molecule is O=C(COC(=O)COc1ccccc1)NCCc1ccc(Cl)cc1Cl. The molecular weight excluding hydrogens is 365 g/mol. The average molecular weight is 382 g/mol. The van der Waals surface area contributed by atoms with Crippen molar-refractivity contribution >= 4 is 35.1 Å². The fraction of sp³-hybridized carbons (Fsp3) is 0.222. The normalized spacial score (nSPS) is 10.2. The molecule has 0 aliphatic rings. The lowest BCUT2D eigenvalue weighted by atomic mass is 10.1. The maximum Gasteiger partial charge on any atom is 0.344 e. The van der Waals surface area contributed by atoms with E-state index in [2.05, 4.69) is 5.32 Å². The van der Waals surface area contributed by atoms with Gasteiger partial charge >= 0.3 is 5.97 Å². The Balaban J connectivity index is 1.62. The zero-order valence-electron chi connectivity index (χ0n) is 13.3.